The van der Waals surface area contributed by atoms with Gasteiger partial charge in [0, 0.05) is 20.0 Å². The third-order valence-electron chi connectivity index (χ3n) is 2.19. The third kappa shape index (κ3) is 1.71. The number of hydrogen-bond donors (Lipinski definition) is 1. The minimum atomic E-state index is -0.570. The van der Waals surface area contributed by atoms with E-state index in [2.05, 4.69) is 9.98 Å². The molecule has 2 amide bonds. The molecule has 1 aromatic heterocycles. The number of amides is 2. The SMILES string of the molecule is CC(=O)N1C(O)=Nc2ncccc2N1C(C)=O. The fourth-order valence-electron chi connectivity index (χ4n) is 1.57. The van der Waals surface area contributed by atoms with Crippen LogP contribution in [0.2, 0.25) is 0 Å². The summed E-state index contributed by atoms with van der Waals surface area (Å²) in [6.45, 7) is 2.51. The Labute approximate surface area is 97.0 Å². The second kappa shape index (κ2) is 3.85. The van der Waals surface area contributed by atoms with E-state index in [9.17, 15) is 14.7 Å². The summed E-state index contributed by atoms with van der Waals surface area (Å²) in [5.41, 5.74) is 0.355. The zero-order valence-electron chi connectivity index (χ0n) is 9.28. The second-order valence-corrected chi connectivity index (χ2v) is 3.42. The predicted octanol–water partition coefficient (Wildman–Crippen LogP) is 0.757. The number of fused-ring (bicyclic) bond motifs is 1. The average molecular weight is 234 g/mol. The molecule has 0 saturated carbocycles. The number of anilines is 1. The summed E-state index contributed by atoms with van der Waals surface area (Å²) in [4.78, 5) is 30.6. The first kappa shape index (κ1) is 11.1. The van der Waals surface area contributed by atoms with Crippen LogP contribution in [0.4, 0.5) is 11.5 Å². The molecule has 2 heterocycles. The summed E-state index contributed by atoms with van der Waals surface area (Å²) >= 11 is 0. The van der Waals surface area contributed by atoms with Crippen LogP contribution in [0, 0.1) is 0 Å². The quantitative estimate of drug-likeness (QED) is 0.717. The monoisotopic (exact) mass is 234 g/mol. The number of nitrogens with zero attached hydrogens (tertiary/aromatic N) is 4. The van der Waals surface area contributed by atoms with Crippen LogP contribution >= 0.6 is 0 Å². The van der Waals surface area contributed by atoms with Crippen molar-refractivity contribution < 1.29 is 14.7 Å². The van der Waals surface area contributed by atoms with E-state index in [1.54, 1.807) is 12.1 Å². The topological polar surface area (TPSA) is 86.1 Å². The van der Waals surface area contributed by atoms with Gasteiger partial charge in [-0.15, -0.1) is 0 Å². The van der Waals surface area contributed by atoms with Gasteiger partial charge in [0.25, 0.3) is 0 Å². The Balaban J connectivity index is 2.62. The van der Waals surface area contributed by atoms with Crippen molar-refractivity contribution in [2.45, 2.75) is 13.8 Å². The fourth-order valence-corrected chi connectivity index (χ4v) is 1.57. The van der Waals surface area contributed by atoms with Crippen LogP contribution in [-0.2, 0) is 9.59 Å². The molecule has 88 valence electrons. The number of hydrogen-bond acceptors (Lipinski definition) is 4. The molecule has 0 unspecified atom stereocenters. The van der Waals surface area contributed by atoms with Crippen molar-refractivity contribution in [1.29, 1.82) is 0 Å². The number of rotatable bonds is 0. The van der Waals surface area contributed by atoms with Gasteiger partial charge in [-0.05, 0) is 12.1 Å². The molecule has 7 nitrogen and oxygen atoms in total. The van der Waals surface area contributed by atoms with Gasteiger partial charge in [0.2, 0.25) is 11.8 Å². The van der Waals surface area contributed by atoms with Crippen molar-refractivity contribution in [3.63, 3.8) is 0 Å². The van der Waals surface area contributed by atoms with E-state index in [0.717, 1.165) is 10.0 Å². The van der Waals surface area contributed by atoms with Crippen molar-refractivity contribution in [3.05, 3.63) is 18.3 Å². The number of aliphatic imine (C=N–C) groups is 1. The molecule has 2 rings (SSSR count). The summed E-state index contributed by atoms with van der Waals surface area (Å²) in [6.07, 6.45) is 1.48. The zero-order valence-corrected chi connectivity index (χ0v) is 9.28. The molecule has 1 aliphatic rings. The molecule has 1 aliphatic heterocycles. The van der Waals surface area contributed by atoms with Crippen LogP contribution < -0.4 is 5.01 Å². The number of aliphatic hydroxyl groups is 1. The molecule has 0 bridgehead atoms. The molecule has 0 fully saturated rings. The molecule has 1 aromatic rings. The highest BCUT2D eigenvalue weighted by molar-refractivity contribution is 6.06. The Morgan fingerprint density at radius 3 is 2.47 bits per heavy atom. The van der Waals surface area contributed by atoms with E-state index in [0.29, 0.717) is 5.69 Å². The van der Waals surface area contributed by atoms with Gasteiger partial charge in [0.1, 0.15) is 5.69 Å². The average Bonchev–Trinajstić information content (AvgIpc) is 2.26. The van der Waals surface area contributed by atoms with Crippen molar-refractivity contribution in [2.24, 2.45) is 4.99 Å². The first-order chi connectivity index (χ1) is 8.02. The summed E-state index contributed by atoms with van der Waals surface area (Å²) in [7, 11) is 0. The first-order valence-corrected chi connectivity index (χ1v) is 4.86. The Hall–Kier alpha value is -2.44. The number of aromatic nitrogens is 1. The van der Waals surface area contributed by atoms with Crippen LogP contribution in [0.5, 0.6) is 0 Å². The maximum atomic E-state index is 11.6. The van der Waals surface area contributed by atoms with Gasteiger partial charge < -0.3 is 5.11 Å². The lowest BCUT2D eigenvalue weighted by Crippen LogP contribution is -2.53. The second-order valence-electron chi connectivity index (χ2n) is 3.42. The molecular weight excluding hydrogens is 224 g/mol. The first-order valence-electron chi connectivity index (χ1n) is 4.86. The standard InChI is InChI=1S/C10H10N4O3/c1-6(15)13-8-4-3-5-11-9(8)12-10(17)14(13)7(2)16/h3-5H,1-2H3,(H,11,12,17). The van der Waals surface area contributed by atoms with Gasteiger partial charge in [0.15, 0.2) is 5.82 Å². The van der Waals surface area contributed by atoms with Crippen molar-refractivity contribution in [3.8, 4) is 0 Å². The van der Waals surface area contributed by atoms with Crippen molar-refractivity contribution in [2.75, 3.05) is 5.01 Å². The number of aliphatic hydroxyl groups excluding tert-OH is 1. The van der Waals surface area contributed by atoms with Crippen LogP contribution in [-0.4, -0.2) is 32.9 Å². The van der Waals surface area contributed by atoms with Crippen LogP contribution in [0.25, 0.3) is 0 Å². The Bertz CT molecular complexity index is 526. The summed E-state index contributed by atoms with van der Waals surface area (Å²) in [5.74, 6) is -0.746. The summed E-state index contributed by atoms with van der Waals surface area (Å²) in [6, 6.07) is 2.64. The molecule has 0 aliphatic carbocycles. The molecule has 0 saturated heterocycles. The lowest BCUT2D eigenvalue weighted by atomic mass is 10.3. The zero-order chi connectivity index (χ0) is 12.6. The van der Waals surface area contributed by atoms with Crippen molar-refractivity contribution in [1.82, 2.24) is 9.99 Å². The smallest absolute Gasteiger partial charge is 0.319 e. The summed E-state index contributed by atoms with van der Waals surface area (Å²) < 4.78 is 0. The van der Waals surface area contributed by atoms with E-state index in [4.69, 9.17) is 0 Å². The maximum absolute atomic E-state index is 11.6. The molecule has 0 atom stereocenters. The third-order valence-corrected chi connectivity index (χ3v) is 2.19. The van der Waals surface area contributed by atoms with Crippen LogP contribution in [0.15, 0.2) is 23.3 Å². The van der Waals surface area contributed by atoms with Crippen LogP contribution in [0.3, 0.4) is 0 Å². The predicted molar refractivity (Wildman–Crippen MR) is 59.6 cm³/mol. The molecule has 17 heavy (non-hydrogen) atoms. The number of amidine groups is 1. The van der Waals surface area contributed by atoms with E-state index < -0.39 is 17.8 Å². The number of hydrazine groups is 1. The molecule has 0 aromatic carbocycles. The summed E-state index contributed by atoms with van der Waals surface area (Å²) in [5, 5.41) is 11.5. The number of pyridine rings is 1. The lowest BCUT2D eigenvalue weighted by Gasteiger charge is -2.34. The Kier molecular flexibility index (Phi) is 2.51. The highest BCUT2D eigenvalue weighted by Gasteiger charge is 2.33. The van der Waals surface area contributed by atoms with Crippen LogP contribution in [0.1, 0.15) is 13.8 Å². The van der Waals surface area contributed by atoms with E-state index >= 15 is 0 Å². The lowest BCUT2D eigenvalue weighted by molar-refractivity contribution is -0.131. The van der Waals surface area contributed by atoms with Crippen molar-refractivity contribution >= 4 is 29.3 Å². The van der Waals surface area contributed by atoms with Gasteiger partial charge >= 0.3 is 6.02 Å². The highest BCUT2D eigenvalue weighted by Crippen LogP contribution is 2.31. The minimum Gasteiger partial charge on any atom is -0.479 e. The Morgan fingerprint density at radius 2 is 1.88 bits per heavy atom. The highest BCUT2D eigenvalue weighted by atomic mass is 16.3. The molecule has 0 spiro atoms. The largest absolute Gasteiger partial charge is 0.479 e. The minimum absolute atomic E-state index is 0.192. The normalized spacial score (nSPS) is 14.1. The van der Waals surface area contributed by atoms with E-state index in [-0.39, 0.29) is 5.82 Å². The molecule has 0 radical (unpaired) electrons. The number of carbonyl (C=O) groups excluding carboxylic acids is 2. The maximum Gasteiger partial charge on any atom is 0.319 e. The number of carbonyl (C=O) groups is 2. The van der Waals surface area contributed by atoms with Gasteiger partial charge in [-0.2, -0.15) is 10.0 Å². The van der Waals surface area contributed by atoms with Gasteiger partial charge in [-0.25, -0.2) is 9.99 Å². The van der Waals surface area contributed by atoms with E-state index in [1.807, 2.05) is 0 Å². The Morgan fingerprint density at radius 1 is 1.24 bits per heavy atom. The fraction of sp³-hybridized carbons (Fsp3) is 0.200. The van der Waals surface area contributed by atoms with Gasteiger partial charge in [-0.1, -0.05) is 0 Å². The molecule has 1 N–H and O–H groups in total. The van der Waals surface area contributed by atoms with Gasteiger partial charge in [0.05, 0.1) is 0 Å². The molecule has 7 heteroatoms. The molecular formula is C10H10N4O3. The van der Waals surface area contributed by atoms with Gasteiger partial charge in [-0.3, -0.25) is 9.59 Å². The van der Waals surface area contributed by atoms with E-state index in [1.165, 1.54) is 20.0 Å².